The largest absolute Gasteiger partial charge is 0.353 e. The summed E-state index contributed by atoms with van der Waals surface area (Å²) in [4.78, 5) is 13.2. The Bertz CT molecular complexity index is 470. The minimum atomic E-state index is 0.238. The van der Waals surface area contributed by atoms with Crippen LogP contribution in [0.25, 0.3) is 0 Å². The number of aryl methyl sites for hydroxylation is 1. The number of thioether (sulfide) groups is 1. The van der Waals surface area contributed by atoms with E-state index < -0.39 is 0 Å². The average molecular weight is 289 g/mol. The third-order valence-electron chi connectivity index (χ3n) is 4.70. The molecule has 0 spiro atoms. The topological polar surface area (TPSA) is 29.1 Å². The number of hydrogen-bond donors (Lipinski definition) is 1. The minimum Gasteiger partial charge on any atom is -0.353 e. The number of amides is 1. The van der Waals surface area contributed by atoms with Crippen LogP contribution in [-0.4, -0.2) is 17.7 Å². The van der Waals surface area contributed by atoms with Crippen molar-refractivity contribution >= 4 is 17.7 Å². The highest BCUT2D eigenvalue weighted by Crippen LogP contribution is 2.44. The Morgan fingerprint density at radius 2 is 2.05 bits per heavy atom. The van der Waals surface area contributed by atoms with Crippen LogP contribution in [0, 0.1) is 18.8 Å². The molecule has 0 aromatic heterocycles. The van der Waals surface area contributed by atoms with Crippen molar-refractivity contribution in [2.75, 3.05) is 5.75 Å². The molecular formula is C17H23NOS. The zero-order valence-electron chi connectivity index (χ0n) is 12.1. The maximum absolute atomic E-state index is 12.0. The lowest BCUT2D eigenvalue weighted by Gasteiger charge is -2.22. The first kappa shape index (κ1) is 14.0. The van der Waals surface area contributed by atoms with Crippen LogP contribution in [0.4, 0.5) is 0 Å². The molecule has 0 aliphatic heterocycles. The number of carbonyl (C=O) groups excluding carboxylic acids is 1. The molecule has 3 heteroatoms. The Labute approximate surface area is 125 Å². The van der Waals surface area contributed by atoms with Gasteiger partial charge in [-0.3, -0.25) is 4.79 Å². The van der Waals surface area contributed by atoms with Crippen molar-refractivity contribution < 1.29 is 4.79 Å². The molecule has 20 heavy (non-hydrogen) atoms. The summed E-state index contributed by atoms with van der Waals surface area (Å²) in [5.41, 5.74) is 1.28. The highest BCUT2D eigenvalue weighted by Gasteiger charge is 2.39. The highest BCUT2D eigenvalue weighted by atomic mass is 32.2. The Hall–Kier alpha value is -0.960. The van der Waals surface area contributed by atoms with Crippen LogP contribution in [0.1, 0.15) is 37.7 Å². The van der Waals surface area contributed by atoms with Crippen LogP contribution in [-0.2, 0) is 4.79 Å². The molecule has 0 unspecified atom stereocenters. The second kappa shape index (κ2) is 6.21. The lowest BCUT2D eigenvalue weighted by Crippen LogP contribution is -2.38. The van der Waals surface area contributed by atoms with Crippen LogP contribution in [0.2, 0.25) is 0 Å². The number of rotatable bonds is 5. The Kier molecular flexibility index (Phi) is 4.35. The van der Waals surface area contributed by atoms with Gasteiger partial charge in [0.05, 0.1) is 0 Å². The molecule has 2 aliphatic rings. The van der Waals surface area contributed by atoms with Gasteiger partial charge in [-0.25, -0.2) is 0 Å². The summed E-state index contributed by atoms with van der Waals surface area (Å²) in [6.45, 7) is 2.09. The van der Waals surface area contributed by atoms with Crippen molar-refractivity contribution in [2.24, 2.45) is 11.8 Å². The van der Waals surface area contributed by atoms with Gasteiger partial charge in [-0.15, -0.1) is 11.8 Å². The summed E-state index contributed by atoms with van der Waals surface area (Å²) >= 11 is 1.77. The van der Waals surface area contributed by atoms with Crippen LogP contribution in [0.15, 0.2) is 29.2 Å². The Balaban J connectivity index is 1.38. The van der Waals surface area contributed by atoms with Crippen LogP contribution in [0.5, 0.6) is 0 Å². The summed E-state index contributed by atoms with van der Waals surface area (Å²) in [7, 11) is 0. The summed E-state index contributed by atoms with van der Waals surface area (Å²) in [5.74, 6) is 2.78. The van der Waals surface area contributed by atoms with Gasteiger partial charge in [-0.2, -0.15) is 0 Å². The molecule has 2 nitrogen and oxygen atoms in total. The number of benzene rings is 1. The van der Waals surface area contributed by atoms with Crippen molar-refractivity contribution in [2.45, 2.75) is 50.0 Å². The van der Waals surface area contributed by atoms with E-state index in [1.807, 2.05) is 0 Å². The number of fused-ring (bicyclic) bond motifs is 2. The van der Waals surface area contributed by atoms with Gasteiger partial charge in [0, 0.05) is 23.1 Å². The second-order valence-corrected chi connectivity index (χ2v) is 7.43. The molecule has 2 fully saturated rings. The van der Waals surface area contributed by atoms with E-state index in [1.165, 1.54) is 36.1 Å². The van der Waals surface area contributed by atoms with Gasteiger partial charge in [-0.1, -0.05) is 24.1 Å². The molecule has 1 aromatic carbocycles. The normalized spacial score (nSPS) is 27.8. The van der Waals surface area contributed by atoms with Crippen molar-refractivity contribution in [1.29, 1.82) is 0 Å². The fourth-order valence-corrected chi connectivity index (χ4v) is 4.45. The van der Waals surface area contributed by atoms with E-state index in [0.29, 0.717) is 12.5 Å². The fourth-order valence-electron chi connectivity index (χ4n) is 3.60. The van der Waals surface area contributed by atoms with Gasteiger partial charge >= 0.3 is 0 Å². The Morgan fingerprint density at radius 3 is 2.70 bits per heavy atom. The van der Waals surface area contributed by atoms with E-state index in [9.17, 15) is 4.79 Å². The van der Waals surface area contributed by atoms with Gasteiger partial charge in [0.15, 0.2) is 0 Å². The fraction of sp³-hybridized carbons (Fsp3) is 0.588. The first-order valence-corrected chi connectivity index (χ1v) is 8.68. The highest BCUT2D eigenvalue weighted by molar-refractivity contribution is 7.99. The lowest BCUT2D eigenvalue weighted by atomic mass is 9.95. The van der Waals surface area contributed by atoms with Crippen molar-refractivity contribution in [3.05, 3.63) is 29.8 Å². The quantitative estimate of drug-likeness (QED) is 0.836. The molecule has 0 saturated heterocycles. The predicted octanol–water partition coefficient (Wildman–Crippen LogP) is 3.78. The summed E-state index contributed by atoms with van der Waals surface area (Å²) < 4.78 is 0. The van der Waals surface area contributed by atoms with Crippen molar-refractivity contribution in [3.63, 3.8) is 0 Å². The summed E-state index contributed by atoms with van der Waals surface area (Å²) in [5, 5.41) is 3.25. The van der Waals surface area contributed by atoms with E-state index in [4.69, 9.17) is 0 Å². The maximum Gasteiger partial charge on any atom is 0.221 e. The molecule has 2 aliphatic carbocycles. The standard InChI is InChI=1S/C17H23NOS/c1-12-2-6-15(7-3-12)20-9-8-17(19)18-16-11-13-4-5-14(16)10-13/h2-3,6-7,13-14,16H,4-5,8-11H2,1H3,(H,18,19)/t13-,14+,16+/m1/s1. The zero-order chi connectivity index (χ0) is 13.9. The average Bonchev–Trinajstić information content (AvgIpc) is 3.03. The molecule has 3 rings (SSSR count). The zero-order valence-corrected chi connectivity index (χ0v) is 12.9. The third kappa shape index (κ3) is 3.38. The molecule has 3 atom stereocenters. The second-order valence-electron chi connectivity index (χ2n) is 6.26. The maximum atomic E-state index is 12.0. The van der Waals surface area contributed by atoms with Gasteiger partial charge in [0.1, 0.15) is 0 Å². The molecule has 2 saturated carbocycles. The van der Waals surface area contributed by atoms with E-state index in [-0.39, 0.29) is 5.91 Å². The van der Waals surface area contributed by atoms with Crippen molar-refractivity contribution in [1.82, 2.24) is 5.32 Å². The molecule has 1 amide bonds. The van der Waals surface area contributed by atoms with Gasteiger partial charge in [-0.05, 0) is 50.2 Å². The first-order chi connectivity index (χ1) is 9.70. The lowest BCUT2D eigenvalue weighted by molar-refractivity contribution is -0.121. The number of nitrogens with one attached hydrogen (secondary N) is 1. The molecule has 108 valence electrons. The molecule has 0 radical (unpaired) electrons. The molecule has 1 aromatic rings. The SMILES string of the molecule is Cc1ccc(SCCC(=O)N[C@H]2C[C@@H]3CC[C@H]2C3)cc1. The van der Waals surface area contributed by atoms with E-state index >= 15 is 0 Å². The molecule has 1 N–H and O–H groups in total. The van der Waals surface area contributed by atoms with Crippen LogP contribution >= 0.6 is 11.8 Å². The predicted molar refractivity (Wildman–Crippen MR) is 83.9 cm³/mol. The van der Waals surface area contributed by atoms with Crippen molar-refractivity contribution in [3.8, 4) is 0 Å². The number of hydrogen-bond acceptors (Lipinski definition) is 2. The summed E-state index contributed by atoms with van der Waals surface area (Å²) in [6, 6.07) is 8.99. The summed E-state index contributed by atoms with van der Waals surface area (Å²) in [6.07, 6.45) is 5.92. The van der Waals surface area contributed by atoms with Gasteiger partial charge in [0.2, 0.25) is 5.91 Å². The van der Waals surface area contributed by atoms with Gasteiger partial charge in [0.25, 0.3) is 0 Å². The Morgan fingerprint density at radius 1 is 1.25 bits per heavy atom. The molecule has 0 heterocycles. The van der Waals surface area contributed by atoms with Gasteiger partial charge < -0.3 is 5.32 Å². The molecule has 2 bridgehead atoms. The smallest absolute Gasteiger partial charge is 0.221 e. The first-order valence-electron chi connectivity index (χ1n) is 7.69. The third-order valence-corrected chi connectivity index (χ3v) is 5.72. The van der Waals surface area contributed by atoms with E-state index in [0.717, 1.165) is 17.6 Å². The van der Waals surface area contributed by atoms with E-state index in [1.54, 1.807) is 11.8 Å². The van der Waals surface area contributed by atoms with Crippen LogP contribution < -0.4 is 5.32 Å². The number of carbonyl (C=O) groups is 1. The van der Waals surface area contributed by atoms with E-state index in [2.05, 4.69) is 36.5 Å². The molecular weight excluding hydrogens is 266 g/mol. The van der Waals surface area contributed by atoms with Crippen LogP contribution in [0.3, 0.4) is 0 Å². The monoisotopic (exact) mass is 289 g/mol. The minimum absolute atomic E-state index is 0.238.